The van der Waals surface area contributed by atoms with Crippen LogP contribution in [0.3, 0.4) is 0 Å². The fourth-order valence-corrected chi connectivity index (χ4v) is 3.09. The van der Waals surface area contributed by atoms with E-state index in [2.05, 4.69) is 17.4 Å². The van der Waals surface area contributed by atoms with E-state index in [0.29, 0.717) is 13.2 Å². The zero-order chi connectivity index (χ0) is 12.4. The predicted octanol–water partition coefficient (Wildman–Crippen LogP) is 1.72. The van der Waals surface area contributed by atoms with Crippen LogP contribution in [0, 0.1) is 0 Å². The minimum Gasteiger partial charge on any atom is -0.448 e. The molecule has 2 aliphatic rings. The highest BCUT2D eigenvalue weighted by Gasteiger charge is 2.44. The van der Waals surface area contributed by atoms with Crippen LogP contribution in [-0.2, 0) is 10.3 Å². The van der Waals surface area contributed by atoms with Crippen molar-refractivity contribution in [3.8, 4) is 0 Å². The van der Waals surface area contributed by atoms with Crippen molar-refractivity contribution in [1.82, 2.24) is 10.2 Å². The SMILES string of the molecule is O=C1OCCN1C1(c2ccccc2)CCNCC1. The van der Waals surface area contributed by atoms with Crippen LogP contribution in [0.5, 0.6) is 0 Å². The number of rotatable bonds is 2. The van der Waals surface area contributed by atoms with Gasteiger partial charge in [-0.2, -0.15) is 0 Å². The molecule has 0 unspecified atom stereocenters. The Bertz CT molecular complexity index is 427. The Balaban J connectivity index is 2.00. The van der Waals surface area contributed by atoms with Gasteiger partial charge >= 0.3 is 6.09 Å². The quantitative estimate of drug-likeness (QED) is 0.864. The molecule has 2 fully saturated rings. The average molecular weight is 246 g/mol. The lowest BCUT2D eigenvalue weighted by molar-refractivity contribution is 0.0857. The molecule has 1 aromatic rings. The molecule has 0 atom stereocenters. The summed E-state index contributed by atoms with van der Waals surface area (Å²) in [5.41, 5.74) is 1.05. The van der Waals surface area contributed by atoms with Crippen molar-refractivity contribution in [1.29, 1.82) is 0 Å². The summed E-state index contributed by atoms with van der Waals surface area (Å²) in [6.07, 6.45) is 1.74. The highest BCUT2D eigenvalue weighted by Crippen LogP contribution is 2.38. The molecule has 2 heterocycles. The molecule has 0 bridgehead atoms. The minimum absolute atomic E-state index is 0.166. The van der Waals surface area contributed by atoms with E-state index in [1.54, 1.807) is 0 Å². The van der Waals surface area contributed by atoms with Crippen LogP contribution in [-0.4, -0.2) is 37.2 Å². The van der Waals surface area contributed by atoms with E-state index in [1.165, 1.54) is 5.56 Å². The van der Waals surface area contributed by atoms with Gasteiger partial charge in [-0.1, -0.05) is 30.3 Å². The molecule has 1 N–H and O–H groups in total. The summed E-state index contributed by atoms with van der Waals surface area (Å²) < 4.78 is 5.13. The van der Waals surface area contributed by atoms with Gasteiger partial charge in [0, 0.05) is 0 Å². The van der Waals surface area contributed by atoms with Crippen LogP contribution in [0.4, 0.5) is 4.79 Å². The van der Waals surface area contributed by atoms with Gasteiger partial charge in [0.15, 0.2) is 0 Å². The first-order valence-electron chi connectivity index (χ1n) is 6.54. The Morgan fingerprint density at radius 1 is 1.17 bits per heavy atom. The van der Waals surface area contributed by atoms with E-state index in [-0.39, 0.29) is 11.6 Å². The lowest BCUT2D eigenvalue weighted by atomic mass is 9.80. The number of hydrogen-bond donors (Lipinski definition) is 1. The fourth-order valence-electron chi connectivity index (χ4n) is 3.09. The van der Waals surface area contributed by atoms with Crippen molar-refractivity contribution in [2.24, 2.45) is 0 Å². The fraction of sp³-hybridized carbons (Fsp3) is 0.500. The lowest BCUT2D eigenvalue weighted by Gasteiger charge is -2.44. The summed E-state index contributed by atoms with van der Waals surface area (Å²) in [6, 6.07) is 10.3. The zero-order valence-corrected chi connectivity index (χ0v) is 10.4. The molecular formula is C14H18N2O2. The molecular weight excluding hydrogens is 228 g/mol. The molecule has 96 valence electrons. The largest absolute Gasteiger partial charge is 0.448 e. The number of nitrogens with one attached hydrogen (secondary N) is 1. The van der Waals surface area contributed by atoms with Gasteiger partial charge in [0.05, 0.1) is 12.1 Å². The molecule has 0 aromatic heterocycles. The molecule has 1 aromatic carbocycles. The average Bonchev–Trinajstić information content (AvgIpc) is 2.87. The molecule has 2 aliphatic heterocycles. The van der Waals surface area contributed by atoms with E-state index < -0.39 is 0 Å². The summed E-state index contributed by atoms with van der Waals surface area (Å²) in [7, 11) is 0. The van der Waals surface area contributed by atoms with Gasteiger partial charge in [-0.3, -0.25) is 4.90 Å². The number of cyclic esters (lactones) is 1. The Labute approximate surface area is 107 Å². The smallest absolute Gasteiger partial charge is 0.410 e. The highest BCUT2D eigenvalue weighted by molar-refractivity contribution is 5.71. The van der Waals surface area contributed by atoms with Crippen molar-refractivity contribution in [3.63, 3.8) is 0 Å². The second kappa shape index (κ2) is 4.61. The third kappa shape index (κ3) is 1.77. The summed E-state index contributed by atoms with van der Waals surface area (Å²) in [4.78, 5) is 13.9. The number of ether oxygens (including phenoxy) is 1. The molecule has 4 heteroatoms. The number of hydrogen-bond acceptors (Lipinski definition) is 3. The van der Waals surface area contributed by atoms with Crippen LogP contribution in [0.25, 0.3) is 0 Å². The standard InChI is InChI=1S/C14H18N2O2/c17-13-16(10-11-18-13)14(6-8-15-9-7-14)12-4-2-1-3-5-12/h1-5,15H,6-11H2. The molecule has 1 amide bonds. The van der Waals surface area contributed by atoms with E-state index >= 15 is 0 Å². The van der Waals surface area contributed by atoms with E-state index in [1.807, 2.05) is 23.1 Å². The van der Waals surface area contributed by atoms with Crippen molar-refractivity contribution in [3.05, 3.63) is 35.9 Å². The first-order chi connectivity index (χ1) is 8.83. The van der Waals surface area contributed by atoms with Gasteiger partial charge in [-0.15, -0.1) is 0 Å². The van der Waals surface area contributed by atoms with Crippen LogP contribution in [0.1, 0.15) is 18.4 Å². The van der Waals surface area contributed by atoms with Crippen LogP contribution >= 0.6 is 0 Å². The Kier molecular flexibility index (Phi) is 2.96. The monoisotopic (exact) mass is 246 g/mol. The van der Waals surface area contributed by atoms with Crippen molar-refractivity contribution >= 4 is 6.09 Å². The molecule has 0 spiro atoms. The molecule has 3 rings (SSSR count). The molecule has 18 heavy (non-hydrogen) atoms. The number of benzene rings is 1. The summed E-state index contributed by atoms with van der Waals surface area (Å²) in [5, 5.41) is 3.37. The maximum absolute atomic E-state index is 11.9. The second-order valence-electron chi connectivity index (χ2n) is 4.91. The summed E-state index contributed by atoms with van der Waals surface area (Å²) >= 11 is 0. The molecule has 0 saturated carbocycles. The molecule has 2 saturated heterocycles. The Morgan fingerprint density at radius 3 is 2.50 bits per heavy atom. The van der Waals surface area contributed by atoms with Crippen molar-refractivity contribution < 1.29 is 9.53 Å². The van der Waals surface area contributed by atoms with Gasteiger partial charge in [-0.25, -0.2) is 4.79 Å². The Hall–Kier alpha value is -1.55. The number of carbonyl (C=O) groups excluding carboxylic acids is 1. The third-order valence-electron chi connectivity index (χ3n) is 4.02. The van der Waals surface area contributed by atoms with Gasteiger partial charge in [0.2, 0.25) is 0 Å². The highest BCUT2D eigenvalue weighted by atomic mass is 16.6. The van der Waals surface area contributed by atoms with E-state index in [0.717, 1.165) is 25.9 Å². The van der Waals surface area contributed by atoms with E-state index in [9.17, 15) is 4.79 Å². The first kappa shape index (κ1) is 11.5. The number of piperidine rings is 1. The summed E-state index contributed by atoms with van der Waals surface area (Å²) in [6.45, 7) is 3.10. The van der Waals surface area contributed by atoms with Crippen LogP contribution in [0.2, 0.25) is 0 Å². The van der Waals surface area contributed by atoms with Crippen LogP contribution < -0.4 is 5.32 Å². The van der Waals surface area contributed by atoms with Gasteiger partial charge in [0.1, 0.15) is 6.61 Å². The molecule has 0 aliphatic carbocycles. The minimum atomic E-state index is -0.180. The first-order valence-corrected chi connectivity index (χ1v) is 6.54. The van der Waals surface area contributed by atoms with Crippen molar-refractivity contribution in [2.75, 3.05) is 26.2 Å². The predicted molar refractivity (Wildman–Crippen MR) is 68.3 cm³/mol. The maximum atomic E-state index is 11.9. The van der Waals surface area contributed by atoms with Crippen LogP contribution in [0.15, 0.2) is 30.3 Å². The lowest BCUT2D eigenvalue weighted by Crippen LogP contribution is -2.52. The molecule has 4 nitrogen and oxygen atoms in total. The topological polar surface area (TPSA) is 41.6 Å². The van der Waals surface area contributed by atoms with Crippen molar-refractivity contribution in [2.45, 2.75) is 18.4 Å². The maximum Gasteiger partial charge on any atom is 0.410 e. The van der Waals surface area contributed by atoms with Gasteiger partial charge < -0.3 is 10.1 Å². The summed E-state index contributed by atoms with van der Waals surface area (Å²) in [5.74, 6) is 0. The van der Waals surface area contributed by atoms with Gasteiger partial charge in [0.25, 0.3) is 0 Å². The third-order valence-corrected chi connectivity index (χ3v) is 4.02. The zero-order valence-electron chi connectivity index (χ0n) is 10.4. The number of carbonyl (C=O) groups is 1. The Morgan fingerprint density at radius 2 is 1.89 bits per heavy atom. The van der Waals surface area contributed by atoms with E-state index in [4.69, 9.17) is 4.74 Å². The number of nitrogens with zero attached hydrogens (tertiary/aromatic N) is 1. The molecule has 0 radical (unpaired) electrons. The second-order valence-corrected chi connectivity index (χ2v) is 4.91. The normalized spacial score (nSPS) is 22.9. The van der Waals surface area contributed by atoms with Gasteiger partial charge in [-0.05, 0) is 31.5 Å². The number of amides is 1.